The highest BCUT2D eigenvalue weighted by molar-refractivity contribution is 5.85. The van der Waals surface area contributed by atoms with Crippen LogP contribution in [0.3, 0.4) is 0 Å². The lowest BCUT2D eigenvalue weighted by molar-refractivity contribution is -0.125. The fourth-order valence-corrected chi connectivity index (χ4v) is 2.08. The Morgan fingerprint density at radius 3 is 2.95 bits per heavy atom. The average Bonchev–Trinajstić information content (AvgIpc) is 2.46. The minimum Gasteiger partial charge on any atom is -0.377 e. The normalized spacial score (nSPS) is 19.2. The highest BCUT2D eigenvalue weighted by Gasteiger charge is 2.30. The number of rotatable bonds is 4. The van der Waals surface area contributed by atoms with E-state index in [-0.39, 0.29) is 18.0 Å². The van der Waals surface area contributed by atoms with E-state index in [1.807, 2.05) is 18.7 Å². The van der Waals surface area contributed by atoms with Gasteiger partial charge in [-0.25, -0.2) is 4.98 Å². The van der Waals surface area contributed by atoms with Crippen LogP contribution in [0, 0.1) is 0 Å². The van der Waals surface area contributed by atoms with Crippen molar-refractivity contribution in [3.05, 3.63) is 18.1 Å². The van der Waals surface area contributed by atoms with E-state index in [4.69, 9.17) is 10.5 Å². The molecule has 3 N–H and O–H groups in total. The molecule has 0 saturated carbocycles. The zero-order chi connectivity index (χ0) is 14.5. The maximum atomic E-state index is 12.2. The molecule has 1 aromatic rings. The lowest BCUT2D eigenvalue weighted by Gasteiger charge is -2.35. The molecule has 0 radical (unpaired) electrons. The van der Waals surface area contributed by atoms with Crippen LogP contribution in [0.5, 0.6) is 0 Å². The van der Waals surface area contributed by atoms with E-state index in [2.05, 4.69) is 15.3 Å². The van der Waals surface area contributed by atoms with Gasteiger partial charge < -0.3 is 20.7 Å². The first kappa shape index (κ1) is 14.7. The zero-order valence-electron chi connectivity index (χ0n) is 11.9. The predicted molar refractivity (Wildman–Crippen MR) is 75.2 cm³/mol. The van der Waals surface area contributed by atoms with Gasteiger partial charge in [-0.15, -0.1) is 0 Å². The number of hydrogen-bond donors (Lipinski definition) is 2. The minimum atomic E-state index is -0.371. The van der Waals surface area contributed by atoms with E-state index in [1.165, 1.54) is 0 Å². The van der Waals surface area contributed by atoms with Gasteiger partial charge in [-0.2, -0.15) is 0 Å². The van der Waals surface area contributed by atoms with Gasteiger partial charge in [0.25, 0.3) is 0 Å². The van der Waals surface area contributed by atoms with Gasteiger partial charge in [-0.05, 0) is 13.8 Å². The van der Waals surface area contributed by atoms with Crippen molar-refractivity contribution in [1.29, 1.82) is 0 Å². The van der Waals surface area contributed by atoms with Gasteiger partial charge in [-0.1, -0.05) is 0 Å². The molecule has 1 amide bonds. The molecule has 7 nitrogen and oxygen atoms in total. The Labute approximate surface area is 118 Å². The summed E-state index contributed by atoms with van der Waals surface area (Å²) >= 11 is 0. The summed E-state index contributed by atoms with van der Waals surface area (Å²) in [4.78, 5) is 22.7. The van der Waals surface area contributed by atoms with Crippen LogP contribution in [-0.4, -0.2) is 47.7 Å². The van der Waals surface area contributed by atoms with E-state index < -0.39 is 0 Å². The fraction of sp³-hybridized carbons (Fsp3) is 0.615. The summed E-state index contributed by atoms with van der Waals surface area (Å²) in [6.07, 6.45) is 3.30. The molecule has 110 valence electrons. The standard InChI is InChI=1S/C13H21N5O2/c1-9(2)17-13(19)11-8-20-4-3-18(11)12-7-15-10(5-14)6-16-12/h6-7,9,11H,3-5,8,14H2,1-2H3,(H,17,19). The molecule has 1 unspecified atom stereocenters. The SMILES string of the molecule is CC(C)NC(=O)C1COCCN1c1cnc(CN)cn1. The summed E-state index contributed by atoms with van der Waals surface area (Å²) in [5.41, 5.74) is 6.24. The molecule has 2 rings (SSSR count). The molecule has 1 atom stereocenters. The van der Waals surface area contributed by atoms with Gasteiger partial charge in [-0.3, -0.25) is 9.78 Å². The van der Waals surface area contributed by atoms with E-state index in [1.54, 1.807) is 12.4 Å². The number of amides is 1. The van der Waals surface area contributed by atoms with Crippen LogP contribution >= 0.6 is 0 Å². The quantitative estimate of drug-likeness (QED) is 0.783. The maximum Gasteiger partial charge on any atom is 0.245 e. The van der Waals surface area contributed by atoms with E-state index >= 15 is 0 Å². The van der Waals surface area contributed by atoms with Crippen molar-refractivity contribution < 1.29 is 9.53 Å². The number of carbonyl (C=O) groups is 1. The van der Waals surface area contributed by atoms with Gasteiger partial charge >= 0.3 is 0 Å². The summed E-state index contributed by atoms with van der Waals surface area (Å²) in [6.45, 7) is 5.77. The molecular weight excluding hydrogens is 258 g/mol. The van der Waals surface area contributed by atoms with Crippen LogP contribution in [0.15, 0.2) is 12.4 Å². The second kappa shape index (κ2) is 6.62. The average molecular weight is 279 g/mol. The molecule has 0 spiro atoms. The molecular formula is C13H21N5O2. The van der Waals surface area contributed by atoms with Crippen molar-refractivity contribution in [3.8, 4) is 0 Å². The summed E-state index contributed by atoms with van der Waals surface area (Å²) < 4.78 is 5.41. The Balaban J connectivity index is 2.15. The van der Waals surface area contributed by atoms with Crippen molar-refractivity contribution >= 4 is 11.7 Å². The smallest absolute Gasteiger partial charge is 0.245 e. The van der Waals surface area contributed by atoms with Crippen LogP contribution in [0.1, 0.15) is 19.5 Å². The summed E-state index contributed by atoms with van der Waals surface area (Å²) in [7, 11) is 0. The first-order valence-corrected chi connectivity index (χ1v) is 6.77. The molecule has 1 fully saturated rings. The van der Waals surface area contributed by atoms with E-state index in [0.717, 1.165) is 5.69 Å². The molecule has 1 saturated heterocycles. The van der Waals surface area contributed by atoms with Crippen molar-refractivity contribution in [1.82, 2.24) is 15.3 Å². The van der Waals surface area contributed by atoms with Gasteiger partial charge in [0.1, 0.15) is 11.9 Å². The lowest BCUT2D eigenvalue weighted by atomic mass is 10.2. The predicted octanol–water partition coefficient (Wildman–Crippen LogP) is -0.335. The van der Waals surface area contributed by atoms with Gasteiger partial charge in [0, 0.05) is 19.1 Å². The largest absolute Gasteiger partial charge is 0.377 e. The third-order valence-corrected chi connectivity index (χ3v) is 3.06. The molecule has 1 aliphatic rings. The number of ether oxygens (including phenoxy) is 1. The van der Waals surface area contributed by atoms with E-state index in [0.29, 0.717) is 32.1 Å². The number of nitrogens with zero attached hydrogens (tertiary/aromatic N) is 3. The number of aromatic nitrogens is 2. The highest BCUT2D eigenvalue weighted by atomic mass is 16.5. The number of nitrogens with one attached hydrogen (secondary N) is 1. The second-order valence-corrected chi connectivity index (χ2v) is 5.02. The van der Waals surface area contributed by atoms with Crippen molar-refractivity contribution in [2.24, 2.45) is 5.73 Å². The molecule has 7 heteroatoms. The second-order valence-electron chi connectivity index (χ2n) is 5.02. The van der Waals surface area contributed by atoms with Crippen molar-refractivity contribution in [3.63, 3.8) is 0 Å². The first-order chi connectivity index (χ1) is 9.61. The number of hydrogen-bond acceptors (Lipinski definition) is 6. The monoisotopic (exact) mass is 279 g/mol. The zero-order valence-corrected chi connectivity index (χ0v) is 11.9. The highest BCUT2D eigenvalue weighted by Crippen LogP contribution is 2.16. The van der Waals surface area contributed by atoms with Gasteiger partial charge in [0.15, 0.2) is 0 Å². The summed E-state index contributed by atoms with van der Waals surface area (Å²) in [6, 6.07) is -0.277. The molecule has 0 bridgehead atoms. The van der Waals surface area contributed by atoms with E-state index in [9.17, 15) is 4.79 Å². The third kappa shape index (κ3) is 3.43. The Hall–Kier alpha value is -1.73. The van der Waals surface area contributed by atoms with Crippen LogP contribution in [0.4, 0.5) is 5.82 Å². The fourth-order valence-electron chi connectivity index (χ4n) is 2.08. The molecule has 1 aliphatic heterocycles. The van der Waals surface area contributed by atoms with Gasteiger partial charge in [0.2, 0.25) is 5.91 Å². The Bertz CT molecular complexity index is 449. The van der Waals surface area contributed by atoms with Crippen LogP contribution in [0.25, 0.3) is 0 Å². The Morgan fingerprint density at radius 2 is 2.35 bits per heavy atom. The third-order valence-electron chi connectivity index (χ3n) is 3.06. The molecule has 1 aromatic heterocycles. The molecule has 0 aliphatic carbocycles. The van der Waals surface area contributed by atoms with Gasteiger partial charge in [0.05, 0.1) is 31.3 Å². The molecule has 20 heavy (non-hydrogen) atoms. The minimum absolute atomic E-state index is 0.0515. The molecule has 0 aromatic carbocycles. The number of morpholine rings is 1. The topological polar surface area (TPSA) is 93.4 Å². The molecule has 2 heterocycles. The Kier molecular flexibility index (Phi) is 4.86. The van der Waals surface area contributed by atoms with Crippen molar-refractivity contribution in [2.75, 3.05) is 24.7 Å². The first-order valence-electron chi connectivity index (χ1n) is 6.77. The Morgan fingerprint density at radius 1 is 1.55 bits per heavy atom. The lowest BCUT2D eigenvalue weighted by Crippen LogP contribution is -2.55. The summed E-state index contributed by atoms with van der Waals surface area (Å²) in [5.74, 6) is 0.624. The van der Waals surface area contributed by atoms with Crippen LogP contribution in [0.2, 0.25) is 0 Å². The number of carbonyl (C=O) groups excluding carboxylic acids is 1. The van der Waals surface area contributed by atoms with Crippen LogP contribution < -0.4 is 16.0 Å². The van der Waals surface area contributed by atoms with Crippen molar-refractivity contribution in [2.45, 2.75) is 32.5 Å². The van der Waals surface area contributed by atoms with Crippen LogP contribution in [-0.2, 0) is 16.1 Å². The number of nitrogens with two attached hydrogens (primary N) is 1. The number of anilines is 1. The maximum absolute atomic E-state index is 12.2. The summed E-state index contributed by atoms with van der Waals surface area (Å²) in [5, 5.41) is 2.91.